The Morgan fingerprint density at radius 2 is 1.84 bits per heavy atom. The number of thiocarbonyl (C=S) groups is 1. The molecular formula is C19H19N3O2S. The van der Waals surface area contributed by atoms with E-state index in [-0.39, 0.29) is 0 Å². The summed E-state index contributed by atoms with van der Waals surface area (Å²) in [6, 6.07) is 16.8. The van der Waals surface area contributed by atoms with Crippen molar-refractivity contribution in [3.63, 3.8) is 0 Å². The van der Waals surface area contributed by atoms with Crippen LogP contribution in [0.4, 0.5) is 0 Å². The highest BCUT2D eigenvalue weighted by Crippen LogP contribution is 2.19. The van der Waals surface area contributed by atoms with Gasteiger partial charge in [0.2, 0.25) is 0 Å². The lowest BCUT2D eigenvalue weighted by Gasteiger charge is -2.17. The van der Waals surface area contributed by atoms with E-state index in [1.165, 1.54) is 0 Å². The second-order valence-corrected chi connectivity index (χ2v) is 6.18. The van der Waals surface area contributed by atoms with Gasteiger partial charge in [0.15, 0.2) is 5.11 Å². The van der Waals surface area contributed by atoms with Crippen molar-refractivity contribution in [1.29, 1.82) is 0 Å². The molecule has 0 amide bonds. The highest BCUT2D eigenvalue weighted by molar-refractivity contribution is 7.80. The molecule has 2 aromatic carbocycles. The Balaban J connectivity index is 1.63. The number of aromatic amines is 1. The number of nitrogens with one attached hydrogen (secondary N) is 3. The normalized spacial score (nSPS) is 11.8. The molecule has 0 aliphatic rings. The van der Waals surface area contributed by atoms with E-state index in [9.17, 15) is 9.90 Å². The Kier molecular flexibility index (Phi) is 5.30. The van der Waals surface area contributed by atoms with E-state index >= 15 is 0 Å². The molecule has 0 radical (unpaired) electrons. The molecule has 0 spiro atoms. The predicted octanol–water partition coefficient (Wildman–Crippen LogP) is 2.83. The van der Waals surface area contributed by atoms with Crippen molar-refractivity contribution in [3.8, 4) is 0 Å². The van der Waals surface area contributed by atoms with Crippen molar-refractivity contribution in [3.05, 3.63) is 71.9 Å². The fourth-order valence-corrected chi connectivity index (χ4v) is 2.92. The van der Waals surface area contributed by atoms with E-state index in [1.54, 1.807) is 0 Å². The van der Waals surface area contributed by atoms with Crippen LogP contribution >= 0.6 is 12.2 Å². The number of H-pyrrole nitrogens is 1. The van der Waals surface area contributed by atoms with Crippen LogP contribution in [0.1, 0.15) is 11.1 Å². The zero-order valence-electron chi connectivity index (χ0n) is 13.5. The van der Waals surface area contributed by atoms with E-state index in [0.29, 0.717) is 18.1 Å². The van der Waals surface area contributed by atoms with Crippen LogP contribution in [0.2, 0.25) is 0 Å². The van der Waals surface area contributed by atoms with Gasteiger partial charge >= 0.3 is 5.97 Å². The number of aromatic nitrogens is 1. The van der Waals surface area contributed by atoms with E-state index in [2.05, 4.69) is 15.6 Å². The van der Waals surface area contributed by atoms with Crippen LogP contribution in [0.15, 0.2) is 60.8 Å². The molecule has 0 aliphatic carbocycles. The number of para-hydroxylation sites is 1. The second-order valence-electron chi connectivity index (χ2n) is 5.77. The summed E-state index contributed by atoms with van der Waals surface area (Å²) >= 11 is 5.25. The minimum absolute atomic E-state index is 0.330. The Morgan fingerprint density at radius 1 is 1.12 bits per heavy atom. The first kappa shape index (κ1) is 17.0. The third kappa shape index (κ3) is 4.36. The number of benzene rings is 2. The quantitative estimate of drug-likeness (QED) is 0.513. The Morgan fingerprint density at radius 3 is 2.60 bits per heavy atom. The second kappa shape index (κ2) is 7.81. The number of carboxylic acids is 1. The van der Waals surface area contributed by atoms with Crippen molar-refractivity contribution in [2.24, 2.45) is 0 Å². The molecule has 128 valence electrons. The molecule has 0 saturated heterocycles. The third-order valence-corrected chi connectivity index (χ3v) is 4.26. The summed E-state index contributed by atoms with van der Waals surface area (Å²) in [7, 11) is 0. The van der Waals surface area contributed by atoms with Gasteiger partial charge < -0.3 is 20.7 Å². The minimum atomic E-state index is -0.936. The third-order valence-electron chi connectivity index (χ3n) is 4.00. The van der Waals surface area contributed by atoms with Gasteiger partial charge in [-0.05, 0) is 29.4 Å². The fraction of sp³-hybridized carbons (Fsp3) is 0.158. The zero-order chi connectivity index (χ0) is 17.6. The summed E-state index contributed by atoms with van der Waals surface area (Å²) in [5, 5.41) is 16.8. The molecule has 1 heterocycles. The van der Waals surface area contributed by atoms with Gasteiger partial charge in [0.05, 0.1) is 0 Å². The van der Waals surface area contributed by atoms with Crippen LogP contribution < -0.4 is 10.6 Å². The summed E-state index contributed by atoms with van der Waals surface area (Å²) in [6.07, 6.45) is 2.19. The lowest BCUT2D eigenvalue weighted by atomic mass is 10.1. The van der Waals surface area contributed by atoms with Crippen LogP contribution in [-0.4, -0.2) is 27.2 Å². The minimum Gasteiger partial charge on any atom is -0.480 e. The number of hydrogen-bond acceptors (Lipinski definition) is 2. The standard InChI is InChI=1S/C19H19N3O2S/c23-18(24)17(10-14-12-20-16-9-5-4-8-15(14)16)22-19(25)21-11-13-6-2-1-3-7-13/h1-9,12,17,20H,10-11H2,(H,23,24)(H2,21,22,25). The maximum absolute atomic E-state index is 11.6. The van der Waals surface area contributed by atoms with Gasteiger partial charge in [0.25, 0.3) is 0 Å². The number of aliphatic carboxylic acids is 1. The van der Waals surface area contributed by atoms with Gasteiger partial charge in [-0.2, -0.15) is 0 Å². The lowest BCUT2D eigenvalue weighted by Crippen LogP contribution is -2.46. The van der Waals surface area contributed by atoms with E-state index in [1.807, 2.05) is 60.8 Å². The molecule has 0 fully saturated rings. The molecule has 1 atom stereocenters. The summed E-state index contributed by atoms with van der Waals surface area (Å²) < 4.78 is 0. The highest BCUT2D eigenvalue weighted by atomic mass is 32.1. The first-order chi connectivity index (χ1) is 12.1. The average molecular weight is 353 g/mol. The van der Waals surface area contributed by atoms with Gasteiger partial charge in [-0.25, -0.2) is 4.79 Å². The van der Waals surface area contributed by atoms with Crippen molar-refractivity contribution in [1.82, 2.24) is 15.6 Å². The van der Waals surface area contributed by atoms with Crippen LogP contribution in [0.3, 0.4) is 0 Å². The molecule has 5 nitrogen and oxygen atoms in total. The molecular weight excluding hydrogens is 334 g/mol. The molecule has 1 unspecified atom stereocenters. The summed E-state index contributed by atoms with van der Waals surface area (Å²) in [6.45, 7) is 0.548. The van der Waals surface area contributed by atoms with Crippen LogP contribution in [-0.2, 0) is 17.8 Å². The monoisotopic (exact) mass is 353 g/mol. The summed E-state index contributed by atoms with van der Waals surface area (Å²) in [5.41, 5.74) is 3.02. The maximum atomic E-state index is 11.6. The summed E-state index contributed by atoms with van der Waals surface area (Å²) in [5.74, 6) is -0.936. The van der Waals surface area contributed by atoms with Crippen molar-refractivity contribution in [2.75, 3.05) is 0 Å². The van der Waals surface area contributed by atoms with Crippen molar-refractivity contribution < 1.29 is 9.90 Å². The largest absolute Gasteiger partial charge is 0.480 e. The SMILES string of the molecule is O=C(O)C(Cc1c[nH]c2ccccc12)NC(=S)NCc1ccccc1. The van der Waals surface area contributed by atoms with Crippen molar-refractivity contribution >= 4 is 34.2 Å². The Hall–Kier alpha value is -2.86. The number of carboxylic acid groups (broad SMARTS) is 1. The smallest absolute Gasteiger partial charge is 0.326 e. The van der Waals surface area contributed by atoms with Crippen LogP contribution in [0.25, 0.3) is 10.9 Å². The highest BCUT2D eigenvalue weighted by Gasteiger charge is 2.20. The van der Waals surface area contributed by atoms with Crippen LogP contribution in [0, 0.1) is 0 Å². The Labute approximate surface area is 151 Å². The molecule has 1 aromatic heterocycles. The number of carbonyl (C=O) groups is 1. The molecule has 3 aromatic rings. The van der Waals surface area contributed by atoms with Crippen LogP contribution in [0.5, 0.6) is 0 Å². The van der Waals surface area contributed by atoms with E-state index in [4.69, 9.17) is 12.2 Å². The van der Waals surface area contributed by atoms with E-state index < -0.39 is 12.0 Å². The fourth-order valence-electron chi connectivity index (χ4n) is 2.71. The molecule has 0 saturated carbocycles. The van der Waals surface area contributed by atoms with Gasteiger partial charge in [0, 0.05) is 30.1 Å². The first-order valence-electron chi connectivity index (χ1n) is 7.99. The topological polar surface area (TPSA) is 77.1 Å². The average Bonchev–Trinajstić information content (AvgIpc) is 3.03. The molecule has 0 aliphatic heterocycles. The van der Waals surface area contributed by atoms with Gasteiger partial charge in [-0.3, -0.25) is 0 Å². The molecule has 25 heavy (non-hydrogen) atoms. The maximum Gasteiger partial charge on any atom is 0.326 e. The number of hydrogen-bond donors (Lipinski definition) is 4. The van der Waals surface area contributed by atoms with Gasteiger partial charge in [0.1, 0.15) is 6.04 Å². The number of fused-ring (bicyclic) bond motifs is 1. The van der Waals surface area contributed by atoms with Gasteiger partial charge in [-0.1, -0.05) is 48.5 Å². The summed E-state index contributed by atoms with van der Waals surface area (Å²) in [4.78, 5) is 14.8. The van der Waals surface area contributed by atoms with E-state index in [0.717, 1.165) is 22.0 Å². The molecule has 0 bridgehead atoms. The van der Waals surface area contributed by atoms with Gasteiger partial charge in [-0.15, -0.1) is 0 Å². The molecule has 6 heteroatoms. The first-order valence-corrected chi connectivity index (χ1v) is 8.40. The zero-order valence-corrected chi connectivity index (χ0v) is 14.3. The Bertz CT molecular complexity index is 877. The number of rotatable bonds is 6. The van der Waals surface area contributed by atoms with Crippen molar-refractivity contribution in [2.45, 2.75) is 19.0 Å². The molecule has 3 rings (SSSR count). The predicted molar refractivity (Wildman–Crippen MR) is 102 cm³/mol. The molecule has 4 N–H and O–H groups in total. The lowest BCUT2D eigenvalue weighted by molar-refractivity contribution is -0.139.